The lowest BCUT2D eigenvalue weighted by atomic mass is 9.80. The summed E-state index contributed by atoms with van der Waals surface area (Å²) in [6.07, 6.45) is 1.94. The number of allylic oxidation sites excluding steroid dienone is 1. The first-order valence-electron chi connectivity index (χ1n) is 10.3. The fourth-order valence-corrected chi connectivity index (χ4v) is 5.58. The van der Waals surface area contributed by atoms with Gasteiger partial charge in [0.25, 0.3) is 10.0 Å². The van der Waals surface area contributed by atoms with E-state index in [4.69, 9.17) is 0 Å². The predicted molar refractivity (Wildman–Crippen MR) is 123 cm³/mol. The highest BCUT2D eigenvalue weighted by atomic mass is 32.2. The van der Waals surface area contributed by atoms with Crippen molar-refractivity contribution in [3.8, 4) is 0 Å². The van der Waals surface area contributed by atoms with Crippen LogP contribution in [0.4, 0.5) is 0 Å². The van der Waals surface area contributed by atoms with Crippen molar-refractivity contribution in [2.24, 2.45) is 5.92 Å². The quantitative estimate of drug-likeness (QED) is 0.569. The van der Waals surface area contributed by atoms with E-state index in [1.54, 1.807) is 31.2 Å². The number of rotatable bonds is 5. The SMILES string of the molecule is CC(=O)[C@H]1CN(S(=O)(=O)c2ccc(C)cc2)C(c2ccccc2)=C[C@@H]1c1ccccc1. The number of hydrogen-bond acceptors (Lipinski definition) is 3. The Kier molecular flexibility index (Phi) is 5.79. The molecule has 0 N–H and O–H groups in total. The Morgan fingerprint density at radius 3 is 2.03 bits per heavy atom. The molecule has 0 fully saturated rings. The molecule has 0 saturated carbocycles. The Morgan fingerprint density at radius 2 is 1.45 bits per heavy atom. The molecule has 31 heavy (non-hydrogen) atoms. The number of Topliss-reactive ketones (excluding diaryl/α,β-unsaturated/α-hetero) is 1. The highest BCUT2D eigenvalue weighted by molar-refractivity contribution is 7.89. The van der Waals surface area contributed by atoms with Crippen LogP contribution < -0.4 is 0 Å². The molecule has 0 amide bonds. The van der Waals surface area contributed by atoms with Crippen molar-refractivity contribution in [1.29, 1.82) is 0 Å². The molecule has 0 saturated heterocycles. The number of sulfonamides is 1. The summed E-state index contributed by atoms with van der Waals surface area (Å²) in [5, 5.41) is 0. The minimum Gasteiger partial charge on any atom is -0.300 e. The van der Waals surface area contributed by atoms with Crippen LogP contribution in [0.2, 0.25) is 0 Å². The third-order valence-corrected chi connectivity index (χ3v) is 7.58. The van der Waals surface area contributed by atoms with E-state index in [-0.39, 0.29) is 23.1 Å². The van der Waals surface area contributed by atoms with Crippen molar-refractivity contribution in [2.45, 2.75) is 24.7 Å². The van der Waals surface area contributed by atoms with E-state index in [1.165, 1.54) is 4.31 Å². The van der Waals surface area contributed by atoms with E-state index in [0.717, 1.165) is 16.7 Å². The van der Waals surface area contributed by atoms with Crippen molar-refractivity contribution < 1.29 is 13.2 Å². The molecule has 3 aromatic carbocycles. The predicted octanol–water partition coefficient (Wildman–Crippen LogP) is 5.03. The normalized spacial score (nSPS) is 19.0. The zero-order chi connectivity index (χ0) is 22.0. The lowest BCUT2D eigenvalue weighted by molar-refractivity contribution is -0.121. The van der Waals surface area contributed by atoms with Gasteiger partial charge in [-0.25, -0.2) is 8.42 Å². The highest BCUT2D eigenvalue weighted by Crippen LogP contribution is 2.40. The molecule has 1 heterocycles. The van der Waals surface area contributed by atoms with Crippen LogP contribution in [0.25, 0.3) is 5.70 Å². The Labute approximate surface area is 183 Å². The van der Waals surface area contributed by atoms with Gasteiger partial charge in [-0.3, -0.25) is 9.10 Å². The van der Waals surface area contributed by atoms with E-state index >= 15 is 0 Å². The second-order valence-corrected chi connectivity index (χ2v) is 9.78. The third-order valence-electron chi connectivity index (χ3n) is 5.79. The minimum atomic E-state index is -3.84. The fourth-order valence-electron chi connectivity index (χ4n) is 4.06. The number of nitrogens with zero attached hydrogens (tertiary/aromatic N) is 1. The van der Waals surface area contributed by atoms with Crippen LogP contribution >= 0.6 is 0 Å². The molecule has 4 rings (SSSR count). The summed E-state index contributed by atoms with van der Waals surface area (Å²) in [5.41, 5.74) is 3.40. The van der Waals surface area contributed by atoms with Crippen LogP contribution in [0, 0.1) is 12.8 Å². The molecule has 4 nitrogen and oxygen atoms in total. The van der Waals surface area contributed by atoms with Gasteiger partial charge in [0.15, 0.2) is 0 Å². The van der Waals surface area contributed by atoms with Crippen LogP contribution in [0.1, 0.15) is 29.5 Å². The van der Waals surface area contributed by atoms with Crippen LogP contribution in [-0.2, 0) is 14.8 Å². The number of aryl methyl sites for hydroxylation is 1. The maximum Gasteiger partial charge on any atom is 0.264 e. The van der Waals surface area contributed by atoms with E-state index in [2.05, 4.69) is 0 Å². The number of carbonyl (C=O) groups is 1. The smallest absolute Gasteiger partial charge is 0.264 e. The summed E-state index contributed by atoms with van der Waals surface area (Å²) in [6.45, 7) is 3.56. The first-order chi connectivity index (χ1) is 14.9. The Balaban J connectivity index is 1.89. The molecule has 2 atom stereocenters. The first kappa shape index (κ1) is 21.1. The van der Waals surface area contributed by atoms with Gasteiger partial charge in [0.1, 0.15) is 5.78 Å². The average molecular weight is 432 g/mol. The maximum absolute atomic E-state index is 13.7. The maximum atomic E-state index is 13.7. The molecule has 0 unspecified atom stereocenters. The lowest BCUT2D eigenvalue weighted by Gasteiger charge is -2.38. The molecule has 0 aromatic heterocycles. The minimum absolute atomic E-state index is 0.0266. The van der Waals surface area contributed by atoms with Gasteiger partial charge in [-0.1, -0.05) is 84.4 Å². The van der Waals surface area contributed by atoms with Gasteiger partial charge in [0.2, 0.25) is 0 Å². The average Bonchev–Trinajstić information content (AvgIpc) is 2.79. The Bertz CT molecular complexity index is 1200. The van der Waals surface area contributed by atoms with Crippen molar-refractivity contribution in [3.05, 3.63) is 108 Å². The molecule has 5 heteroatoms. The van der Waals surface area contributed by atoms with Crippen molar-refractivity contribution in [1.82, 2.24) is 4.31 Å². The summed E-state index contributed by atoms with van der Waals surface area (Å²) in [4.78, 5) is 12.9. The van der Waals surface area contributed by atoms with Crippen molar-refractivity contribution in [2.75, 3.05) is 6.54 Å². The second-order valence-electron chi connectivity index (χ2n) is 7.92. The van der Waals surface area contributed by atoms with E-state index in [0.29, 0.717) is 5.70 Å². The summed E-state index contributed by atoms with van der Waals surface area (Å²) in [7, 11) is -3.84. The Hall–Kier alpha value is -3.18. The van der Waals surface area contributed by atoms with Crippen LogP contribution in [0.3, 0.4) is 0 Å². The topological polar surface area (TPSA) is 54.5 Å². The van der Waals surface area contributed by atoms with Crippen LogP contribution in [-0.4, -0.2) is 25.1 Å². The van der Waals surface area contributed by atoms with E-state index in [9.17, 15) is 13.2 Å². The molecule has 158 valence electrons. The monoisotopic (exact) mass is 431 g/mol. The Morgan fingerprint density at radius 1 is 0.871 bits per heavy atom. The molecular weight excluding hydrogens is 406 g/mol. The van der Waals surface area contributed by atoms with E-state index < -0.39 is 15.9 Å². The second kappa shape index (κ2) is 8.52. The zero-order valence-corrected chi connectivity index (χ0v) is 18.4. The number of ketones is 1. The molecule has 0 radical (unpaired) electrons. The standard InChI is InChI=1S/C26H25NO3S/c1-19-13-15-23(16-14-19)31(29,30)27-18-25(20(2)28)24(21-9-5-3-6-10-21)17-26(27)22-11-7-4-8-12-22/h3-17,24-25H,18H2,1-2H3/t24-,25-/m1/s1. The van der Waals surface area contributed by atoms with Gasteiger partial charge in [0, 0.05) is 18.4 Å². The molecule has 3 aromatic rings. The van der Waals surface area contributed by atoms with Gasteiger partial charge >= 0.3 is 0 Å². The fraction of sp³-hybridized carbons (Fsp3) is 0.192. The number of carbonyl (C=O) groups excluding carboxylic acids is 1. The number of hydrogen-bond donors (Lipinski definition) is 0. The third kappa shape index (κ3) is 4.19. The van der Waals surface area contributed by atoms with Gasteiger partial charge in [0.05, 0.1) is 10.6 Å². The number of benzene rings is 3. The van der Waals surface area contributed by atoms with E-state index in [1.807, 2.05) is 73.7 Å². The van der Waals surface area contributed by atoms with Gasteiger partial charge in [-0.05, 0) is 37.1 Å². The summed E-state index contributed by atoms with van der Waals surface area (Å²) < 4.78 is 28.7. The largest absolute Gasteiger partial charge is 0.300 e. The van der Waals surface area contributed by atoms with Gasteiger partial charge in [-0.2, -0.15) is 0 Å². The van der Waals surface area contributed by atoms with Gasteiger partial charge in [-0.15, -0.1) is 0 Å². The molecule has 1 aliphatic rings. The van der Waals surface area contributed by atoms with Crippen LogP contribution in [0.5, 0.6) is 0 Å². The molecule has 0 aliphatic carbocycles. The molecular formula is C26H25NO3S. The van der Waals surface area contributed by atoms with Crippen LogP contribution in [0.15, 0.2) is 95.9 Å². The molecule has 1 aliphatic heterocycles. The van der Waals surface area contributed by atoms with Gasteiger partial charge < -0.3 is 0 Å². The highest BCUT2D eigenvalue weighted by Gasteiger charge is 2.39. The summed E-state index contributed by atoms with van der Waals surface area (Å²) >= 11 is 0. The molecule has 0 spiro atoms. The van der Waals surface area contributed by atoms with Crippen molar-refractivity contribution >= 4 is 21.5 Å². The van der Waals surface area contributed by atoms with Crippen molar-refractivity contribution in [3.63, 3.8) is 0 Å². The summed E-state index contributed by atoms with van der Waals surface area (Å²) in [5.74, 6) is -0.685. The zero-order valence-electron chi connectivity index (χ0n) is 17.6. The molecule has 0 bridgehead atoms. The summed E-state index contributed by atoms with van der Waals surface area (Å²) in [6, 6.07) is 26.1. The lowest BCUT2D eigenvalue weighted by Crippen LogP contribution is -2.41. The first-order valence-corrected chi connectivity index (χ1v) is 11.7.